The number of benzene rings is 2. The Bertz CT molecular complexity index is 1510. The van der Waals surface area contributed by atoms with Crippen LogP contribution in [0, 0.1) is 11.3 Å². The van der Waals surface area contributed by atoms with Crippen molar-refractivity contribution in [2.24, 2.45) is 4.99 Å². The molecule has 39 heavy (non-hydrogen) atoms. The van der Waals surface area contributed by atoms with E-state index in [9.17, 15) is 5.26 Å². The number of nitrogens with one attached hydrogen (secondary N) is 1. The van der Waals surface area contributed by atoms with Crippen LogP contribution < -0.4 is 9.64 Å². The van der Waals surface area contributed by atoms with Crippen LogP contribution >= 0.6 is 0 Å². The highest BCUT2D eigenvalue weighted by atomic mass is 16.5. The number of methoxy groups -OCH3 is 1. The van der Waals surface area contributed by atoms with E-state index < -0.39 is 0 Å². The molecule has 0 radical (unpaired) electrons. The predicted octanol–water partition coefficient (Wildman–Crippen LogP) is 5.52. The number of hydrogen-bond donors (Lipinski definition) is 1. The molecule has 8 nitrogen and oxygen atoms in total. The van der Waals surface area contributed by atoms with Crippen molar-refractivity contribution in [1.82, 2.24) is 19.8 Å². The second-order valence-corrected chi connectivity index (χ2v) is 9.78. The lowest BCUT2D eigenvalue weighted by molar-refractivity contribution is 0.181. The summed E-state index contributed by atoms with van der Waals surface area (Å²) >= 11 is 0. The quantitative estimate of drug-likeness (QED) is 0.335. The first-order valence-corrected chi connectivity index (χ1v) is 13.2. The topological polar surface area (TPSA) is 83.8 Å². The minimum atomic E-state index is 0.356. The van der Waals surface area contributed by atoms with Crippen LogP contribution in [0.2, 0.25) is 0 Å². The Hall–Kier alpha value is -4.19. The van der Waals surface area contributed by atoms with E-state index in [-0.39, 0.29) is 0 Å². The standard InChI is InChI=1S/C25H23N5O.C6H14N2/c1-5-16(27-2)15-30(3)25-20-10-9-17(31-4)13-21(20)24(23(14-26)29-25)19-7-6-8-22-18(19)11-12-28-22;1-7-3-5-8(2)6-4-7/h6-13,15,28H,2,5H2,1,3-4H3;3-6H2,1-2H3/b16-15-;. The van der Waals surface area contributed by atoms with Crippen molar-refractivity contribution >= 4 is 34.2 Å². The summed E-state index contributed by atoms with van der Waals surface area (Å²) in [4.78, 5) is 18.7. The van der Waals surface area contributed by atoms with Gasteiger partial charge in [-0.15, -0.1) is 0 Å². The lowest BCUT2D eigenvalue weighted by Crippen LogP contribution is -2.42. The molecule has 0 spiro atoms. The fourth-order valence-electron chi connectivity index (χ4n) is 4.76. The summed E-state index contributed by atoms with van der Waals surface area (Å²) in [5.74, 6) is 1.39. The summed E-state index contributed by atoms with van der Waals surface area (Å²) in [6.45, 7) is 10.6. The van der Waals surface area contributed by atoms with Gasteiger partial charge in [0, 0.05) is 67.5 Å². The number of nitriles is 1. The van der Waals surface area contributed by atoms with E-state index in [2.05, 4.69) is 46.7 Å². The van der Waals surface area contributed by atoms with Gasteiger partial charge in [0.2, 0.25) is 0 Å². The molecule has 1 saturated heterocycles. The number of anilines is 1. The van der Waals surface area contributed by atoms with Crippen LogP contribution in [-0.2, 0) is 0 Å². The van der Waals surface area contributed by atoms with Gasteiger partial charge in [-0.1, -0.05) is 19.1 Å². The highest BCUT2D eigenvalue weighted by molar-refractivity contribution is 6.09. The monoisotopic (exact) mass is 523 g/mol. The molecule has 0 bridgehead atoms. The number of aromatic nitrogens is 2. The summed E-state index contributed by atoms with van der Waals surface area (Å²) in [5, 5.41) is 12.9. The molecule has 0 atom stereocenters. The SMILES string of the molecule is C=N/C(=C\N(C)c1nc(C#N)c(-c2cccc3[nH]ccc23)c2cc(OC)ccc12)CC.CN1CCN(C)CC1. The van der Waals surface area contributed by atoms with E-state index in [0.717, 1.165) is 50.7 Å². The first kappa shape index (κ1) is 27.8. The minimum absolute atomic E-state index is 0.356. The van der Waals surface area contributed by atoms with Crippen molar-refractivity contribution in [3.8, 4) is 22.9 Å². The second-order valence-electron chi connectivity index (χ2n) is 9.78. The normalized spacial score (nSPS) is 14.5. The van der Waals surface area contributed by atoms with Crippen LogP contribution in [0.25, 0.3) is 32.8 Å². The van der Waals surface area contributed by atoms with E-state index in [4.69, 9.17) is 9.72 Å². The highest BCUT2D eigenvalue weighted by Crippen LogP contribution is 2.40. The number of rotatable bonds is 6. The average molecular weight is 524 g/mol. The van der Waals surface area contributed by atoms with Gasteiger partial charge in [-0.25, -0.2) is 4.98 Å². The maximum absolute atomic E-state index is 10.1. The first-order chi connectivity index (χ1) is 18.9. The van der Waals surface area contributed by atoms with Gasteiger partial charge in [-0.05, 0) is 68.5 Å². The number of aromatic amines is 1. The Kier molecular flexibility index (Phi) is 8.97. The van der Waals surface area contributed by atoms with Crippen molar-refractivity contribution in [3.05, 3.63) is 66.3 Å². The zero-order chi connectivity index (χ0) is 27.9. The molecule has 5 rings (SSSR count). The molecule has 0 amide bonds. The molecule has 3 heterocycles. The van der Waals surface area contributed by atoms with Gasteiger partial charge in [-0.3, -0.25) is 4.99 Å². The van der Waals surface area contributed by atoms with Gasteiger partial charge in [-0.2, -0.15) is 5.26 Å². The van der Waals surface area contributed by atoms with Crippen LogP contribution in [0.5, 0.6) is 5.75 Å². The average Bonchev–Trinajstić information content (AvgIpc) is 3.46. The first-order valence-electron chi connectivity index (χ1n) is 13.2. The van der Waals surface area contributed by atoms with Crippen LogP contribution in [0.3, 0.4) is 0 Å². The molecular weight excluding hydrogens is 486 g/mol. The minimum Gasteiger partial charge on any atom is -0.497 e. The van der Waals surface area contributed by atoms with Crippen LogP contribution in [-0.4, -0.2) is 80.9 Å². The summed E-state index contributed by atoms with van der Waals surface area (Å²) in [6, 6.07) is 16.2. The Labute approximate surface area is 230 Å². The molecule has 202 valence electrons. The van der Waals surface area contributed by atoms with Crippen LogP contribution in [0.1, 0.15) is 19.0 Å². The lowest BCUT2D eigenvalue weighted by atomic mass is 9.94. The number of allylic oxidation sites excluding steroid dienone is 1. The van der Waals surface area contributed by atoms with E-state index in [1.54, 1.807) is 7.11 Å². The van der Waals surface area contributed by atoms with Gasteiger partial charge >= 0.3 is 0 Å². The number of likely N-dealkylation sites (N-methyl/N-ethyl adjacent to an activating group) is 2. The number of fused-ring (bicyclic) bond motifs is 2. The smallest absolute Gasteiger partial charge is 0.151 e. The second kappa shape index (κ2) is 12.6. The van der Waals surface area contributed by atoms with Crippen molar-refractivity contribution in [3.63, 3.8) is 0 Å². The van der Waals surface area contributed by atoms with Gasteiger partial charge in [0.15, 0.2) is 5.69 Å². The third kappa shape index (κ3) is 6.11. The van der Waals surface area contributed by atoms with E-state index in [1.165, 1.54) is 26.2 Å². The molecule has 1 aliphatic heterocycles. The molecule has 4 aromatic rings. The number of H-pyrrole nitrogens is 1. The molecular formula is C31H37N7O. The Morgan fingerprint density at radius 3 is 2.46 bits per heavy atom. The van der Waals surface area contributed by atoms with Crippen molar-refractivity contribution in [2.45, 2.75) is 13.3 Å². The van der Waals surface area contributed by atoms with Crippen molar-refractivity contribution < 1.29 is 4.74 Å². The number of hydrogen-bond acceptors (Lipinski definition) is 7. The number of aliphatic imine (C=N–C) groups is 1. The summed E-state index contributed by atoms with van der Waals surface area (Å²) in [6.07, 6.45) is 4.54. The third-order valence-corrected chi connectivity index (χ3v) is 7.13. The zero-order valence-corrected chi connectivity index (χ0v) is 23.5. The number of pyridine rings is 1. The van der Waals surface area contributed by atoms with E-state index >= 15 is 0 Å². The van der Waals surface area contributed by atoms with Crippen molar-refractivity contribution in [1.29, 1.82) is 5.26 Å². The molecule has 1 fully saturated rings. The number of ether oxygens (including phenoxy) is 1. The van der Waals surface area contributed by atoms with Crippen LogP contribution in [0.4, 0.5) is 5.82 Å². The molecule has 0 saturated carbocycles. The van der Waals surface area contributed by atoms with Crippen LogP contribution in [0.15, 0.2) is 65.6 Å². The van der Waals surface area contributed by atoms with E-state index in [1.807, 2.05) is 73.7 Å². The molecule has 0 aliphatic carbocycles. The highest BCUT2D eigenvalue weighted by Gasteiger charge is 2.20. The third-order valence-electron chi connectivity index (χ3n) is 7.13. The Balaban J connectivity index is 0.000000379. The van der Waals surface area contributed by atoms with Gasteiger partial charge in [0.25, 0.3) is 0 Å². The van der Waals surface area contributed by atoms with Gasteiger partial charge < -0.3 is 24.4 Å². The summed E-state index contributed by atoms with van der Waals surface area (Å²) in [5.41, 5.74) is 3.94. The molecule has 1 aliphatic rings. The fourth-order valence-corrected chi connectivity index (χ4v) is 4.76. The lowest BCUT2D eigenvalue weighted by Gasteiger charge is -2.28. The predicted molar refractivity (Wildman–Crippen MR) is 162 cm³/mol. The molecule has 0 unspecified atom stereocenters. The maximum atomic E-state index is 10.1. The molecule has 2 aromatic heterocycles. The largest absolute Gasteiger partial charge is 0.497 e. The molecule has 2 aromatic carbocycles. The molecule has 8 heteroatoms. The summed E-state index contributed by atoms with van der Waals surface area (Å²) in [7, 11) is 7.89. The number of piperazine rings is 1. The number of nitrogens with zero attached hydrogens (tertiary/aromatic N) is 6. The van der Waals surface area contributed by atoms with Crippen molar-refractivity contribution in [2.75, 3.05) is 59.3 Å². The summed E-state index contributed by atoms with van der Waals surface area (Å²) < 4.78 is 5.50. The fraction of sp³-hybridized carbons (Fsp3) is 0.323. The Morgan fingerprint density at radius 1 is 1.13 bits per heavy atom. The van der Waals surface area contributed by atoms with E-state index in [0.29, 0.717) is 11.5 Å². The van der Waals surface area contributed by atoms with Gasteiger partial charge in [0.05, 0.1) is 12.8 Å². The maximum Gasteiger partial charge on any atom is 0.151 e. The Morgan fingerprint density at radius 2 is 1.85 bits per heavy atom. The molecule has 1 N–H and O–H groups in total. The zero-order valence-electron chi connectivity index (χ0n) is 23.5. The van der Waals surface area contributed by atoms with Gasteiger partial charge in [0.1, 0.15) is 17.6 Å².